The zero-order chi connectivity index (χ0) is 19.7. The molecule has 7 heteroatoms. The first-order valence-corrected chi connectivity index (χ1v) is 9.41. The average Bonchev–Trinajstić information content (AvgIpc) is 3.43. The highest BCUT2D eigenvalue weighted by molar-refractivity contribution is 5.86. The van der Waals surface area contributed by atoms with Gasteiger partial charge in [-0.3, -0.25) is 9.59 Å². The van der Waals surface area contributed by atoms with Crippen molar-refractivity contribution in [3.8, 4) is 5.75 Å². The van der Waals surface area contributed by atoms with Crippen LogP contribution in [0.25, 0.3) is 0 Å². The average molecular weight is 384 g/mol. The zero-order valence-corrected chi connectivity index (χ0v) is 16.0. The van der Waals surface area contributed by atoms with E-state index in [4.69, 9.17) is 13.9 Å². The van der Waals surface area contributed by atoms with Gasteiger partial charge in [-0.2, -0.15) is 0 Å². The van der Waals surface area contributed by atoms with Gasteiger partial charge in [0.15, 0.2) is 6.10 Å². The number of furan rings is 1. The van der Waals surface area contributed by atoms with E-state index < -0.39 is 12.1 Å². The predicted molar refractivity (Wildman–Crippen MR) is 101 cm³/mol. The second-order valence-corrected chi connectivity index (χ2v) is 7.31. The Kier molecular flexibility index (Phi) is 5.09. The lowest BCUT2D eigenvalue weighted by atomic mass is 9.96. The highest BCUT2D eigenvalue weighted by Crippen LogP contribution is 2.40. The van der Waals surface area contributed by atoms with Crippen molar-refractivity contribution < 1.29 is 23.5 Å². The monoisotopic (exact) mass is 384 g/mol. The number of ether oxygens (including phenoxy) is 2. The summed E-state index contributed by atoms with van der Waals surface area (Å²) in [5.41, 5.74) is 1.78. The SMILES string of the molecule is COc1ccc([C@@H]2[C@@H](C(=O)N(C)Cc3ccoc3)OCC(=O)N2C2CC2)cc1. The van der Waals surface area contributed by atoms with E-state index in [2.05, 4.69) is 0 Å². The predicted octanol–water partition coefficient (Wildman–Crippen LogP) is 2.38. The van der Waals surface area contributed by atoms with Crippen LogP contribution >= 0.6 is 0 Å². The summed E-state index contributed by atoms with van der Waals surface area (Å²) in [6, 6.07) is 9.05. The third kappa shape index (κ3) is 3.62. The molecule has 148 valence electrons. The molecule has 2 heterocycles. The Balaban J connectivity index is 1.62. The molecule has 4 rings (SSSR count). The second kappa shape index (κ2) is 7.67. The van der Waals surface area contributed by atoms with E-state index in [0.717, 1.165) is 29.7 Å². The fourth-order valence-corrected chi connectivity index (χ4v) is 3.71. The number of morpholine rings is 1. The summed E-state index contributed by atoms with van der Waals surface area (Å²) in [4.78, 5) is 29.3. The minimum Gasteiger partial charge on any atom is -0.497 e. The molecule has 1 aromatic heterocycles. The highest BCUT2D eigenvalue weighted by Gasteiger charge is 2.48. The molecular formula is C21H24N2O5. The molecule has 0 bridgehead atoms. The quantitative estimate of drug-likeness (QED) is 0.765. The Morgan fingerprint density at radius 2 is 2.00 bits per heavy atom. The van der Waals surface area contributed by atoms with Gasteiger partial charge in [0.25, 0.3) is 5.91 Å². The minimum atomic E-state index is -0.747. The number of carbonyl (C=O) groups excluding carboxylic acids is 2. The Hall–Kier alpha value is -2.80. The van der Waals surface area contributed by atoms with Crippen LogP contribution in [-0.4, -0.2) is 54.5 Å². The van der Waals surface area contributed by atoms with E-state index in [1.165, 1.54) is 0 Å². The minimum absolute atomic E-state index is 0.0649. The molecule has 2 aromatic rings. The van der Waals surface area contributed by atoms with Crippen molar-refractivity contribution in [2.24, 2.45) is 0 Å². The molecule has 2 aliphatic rings. The summed E-state index contributed by atoms with van der Waals surface area (Å²) in [6.07, 6.45) is 4.38. The zero-order valence-electron chi connectivity index (χ0n) is 16.0. The molecule has 1 saturated heterocycles. The molecule has 2 atom stereocenters. The number of methoxy groups -OCH3 is 1. The van der Waals surface area contributed by atoms with Crippen LogP contribution < -0.4 is 4.74 Å². The van der Waals surface area contributed by atoms with Gasteiger partial charge in [0.05, 0.1) is 25.7 Å². The molecule has 0 N–H and O–H groups in total. The molecule has 2 fully saturated rings. The molecular weight excluding hydrogens is 360 g/mol. The lowest BCUT2D eigenvalue weighted by molar-refractivity contribution is -0.170. The molecule has 0 unspecified atom stereocenters. The summed E-state index contributed by atoms with van der Waals surface area (Å²) in [7, 11) is 3.34. The molecule has 0 radical (unpaired) electrons. The molecule has 28 heavy (non-hydrogen) atoms. The number of carbonyl (C=O) groups is 2. The van der Waals surface area contributed by atoms with Crippen LogP contribution in [0.2, 0.25) is 0 Å². The van der Waals surface area contributed by atoms with Crippen molar-refractivity contribution in [2.75, 3.05) is 20.8 Å². The number of benzene rings is 1. The number of nitrogens with zero attached hydrogens (tertiary/aromatic N) is 2. The highest BCUT2D eigenvalue weighted by atomic mass is 16.5. The first kappa shape index (κ1) is 18.6. The van der Waals surface area contributed by atoms with Crippen LogP contribution in [0.15, 0.2) is 47.3 Å². The van der Waals surface area contributed by atoms with Gasteiger partial charge in [-0.1, -0.05) is 12.1 Å². The maximum Gasteiger partial charge on any atom is 0.254 e. The molecule has 1 saturated carbocycles. The molecule has 2 amide bonds. The van der Waals surface area contributed by atoms with E-state index in [1.54, 1.807) is 31.6 Å². The Labute approximate surface area is 163 Å². The van der Waals surface area contributed by atoms with Crippen LogP contribution in [-0.2, 0) is 20.9 Å². The van der Waals surface area contributed by atoms with E-state index in [1.807, 2.05) is 35.2 Å². The third-order valence-corrected chi connectivity index (χ3v) is 5.28. The van der Waals surface area contributed by atoms with Gasteiger partial charge in [-0.25, -0.2) is 0 Å². The van der Waals surface area contributed by atoms with Gasteiger partial charge in [0.1, 0.15) is 12.4 Å². The third-order valence-electron chi connectivity index (χ3n) is 5.28. The second-order valence-electron chi connectivity index (χ2n) is 7.31. The van der Waals surface area contributed by atoms with Crippen molar-refractivity contribution >= 4 is 11.8 Å². The van der Waals surface area contributed by atoms with Gasteiger partial charge in [0, 0.05) is 25.2 Å². The van der Waals surface area contributed by atoms with E-state index >= 15 is 0 Å². The van der Waals surface area contributed by atoms with Crippen LogP contribution in [0, 0.1) is 0 Å². The summed E-state index contributed by atoms with van der Waals surface area (Å²) < 4.78 is 16.1. The fourth-order valence-electron chi connectivity index (χ4n) is 3.71. The van der Waals surface area contributed by atoms with Gasteiger partial charge in [0.2, 0.25) is 5.91 Å². The van der Waals surface area contributed by atoms with Crippen molar-refractivity contribution in [3.63, 3.8) is 0 Å². The van der Waals surface area contributed by atoms with Crippen LogP contribution in [0.4, 0.5) is 0 Å². The van der Waals surface area contributed by atoms with Gasteiger partial charge in [-0.05, 0) is 36.6 Å². The maximum absolute atomic E-state index is 13.2. The fraction of sp³-hybridized carbons (Fsp3) is 0.429. The van der Waals surface area contributed by atoms with Crippen molar-refractivity contribution in [3.05, 3.63) is 54.0 Å². The maximum atomic E-state index is 13.2. The normalized spacial score (nSPS) is 22.2. The lowest BCUT2D eigenvalue weighted by Gasteiger charge is -2.42. The Bertz CT molecular complexity index is 829. The molecule has 1 aromatic carbocycles. The number of amides is 2. The lowest BCUT2D eigenvalue weighted by Crippen LogP contribution is -2.55. The Morgan fingerprint density at radius 1 is 1.25 bits per heavy atom. The van der Waals surface area contributed by atoms with E-state index in [0.29, 0.717) is 6.54 Å². The van der Waals surface area contributed by atoms with Gasteiger partial charge >= 0.3 is 0 Å². The standard InChI is InChI=1S/C21H24N2O5/c1-22(11-14-9-10-27-12-14)21(25)20-19(15-3-7-17(26-2)8-4-15)23(16-5-6-16)18(24)13-28-20/h3-4,7-10,12,16,19-20H,5-6,11,13H2,1-2H3/t19-,20+/m1/s1. The topological polar surface area (TPSA) is 72.2 Å². The molecule has 1 aliphatic carbocycles. The first-order valence-electron chi connectivity index (χ1n) is 9.41. The number of hydrogen-bond donors (Lipinski definition) is 0. The molecule has 0 spiro atoms. The summed E-state index contributed by atoms with van der Waals surface area (Å²) in [5.74, 6) is 0.509. The largest absolute Gasteiger partial charge is 0.497 e. The van der Waals surface area contributed by atoms with E-state index in [-0.39, 0.29) is 24.5 Å². The van der Waals surface area contributed by atoms with Gasteiger partial charge in [-0.15, -0.1) is 0 Å². The number of likely N-dealkylation sites (N-methyl/N-ethyl adjacent to an activating group) is 1. The first-order chi connectivity index (χ1) is 13.6. The number of rotatable bonds is 6. The van der Waals surface area contributed by atoms with Crippen molar-refractivity contribution in [1.29, 1.82) is 0 Å². The molecule has 7 nitrogen and oxygen atoms in total. The summed E-state index contributed by atoms with van der Waals surface area (Å²) in [6.45, 7) is 0.348. The van der Waals surface area contributed by atoms with Crippen LogP contribution in [0.5, 0.6) is 5.75 Å². The number of hydrogen-bond acceptors (Lipinski definition) is 5. The summed E-state index contributed by atoms with van der Waals surface area (Å²) >= 11 is 0. The van der Waals surface area contributed by atoms with Crippen molar-refractivity contribution in [1.82, 2.24) is 9.80 Å². The van der Waals surface area contributed by atoms with Crippen LogP contribution in [0.3, 0.4) is 0 Å². The smallest absolute Gasteiger partial charge is 0.254 e. The van der Waals surface area contributed by atoms with Gasteiger partial charge < -0.3 is 23.7 Å². The van der Waals surface area contributed by atoms with Crippen LogP contribution in [0.1, 0.15) is 30.0 Å². The summed E-state index contributed by atoms with van der Waals surface area (Å²) in [5, 5.41) is 0. The molecule has 1 aliphatic heterocycles. The Morgan fingerprint density at radius 3 is 2.61 bits per heavy atom. The van der Waals surface area contributed by atoms with Crippen molar-refractivity contribution in [2.45, 2.75) is 37.6 Å². The van der Waals surface area contributed by atoms with E-state index in [9.17, 15) is 9.59 Å².